The Hall–Kier alpha value is -3.16. The molecule has 8 heteroatoms. The van der Waals surface area contributed by atoms with Crippen LogP contribution in [0.3, 0.4) is 0 Å². The second-order valence-electron chi connectivity index (χ2n) is 6.60. The first-order valence-corrected chi connectivity index (χ1v) is 8.90. The average molecular weight is 370 g/mol. The van der Waals surface area contributed by atoms with Crippen molar-refractivity contribution in [1.29, 1.82) is 0 Å². The van der Waals surface area contributed by atoms with Crippen LogP contribution in [-0.4, -0.2) is 26.8 Å². The van der Waals surface area contributed by atoms with Crippen LogP contribution in [0.25, 0.3) is 0 Å². The van der Waals surface area contributed by atoms with E-state index in [1.165, 1.54) is 35.0 Å². The number of aromatic amines is 1. The quantitative estimate of drug-likeness (QED) is 0.618. The summed E-state index contributed by atoms with van der Waals surface area (Å²) in [5.74, 6) is -1.69. The molecule has 142 valence electrons. The summed E-state index contributed by atoms with van der Waals surface area (Å²) in [4.78, 5) is 41.5. The Kier molecular flexibility index (Phi) is 5.54. The van der Waals surface area contributed by atoms with Gasteiger partial charge in [0.05, 0.1) is 11.7 Å². The summed E-state index contributed by atoms with van der Waals surface area (Å²) in [7, 11) is 0. The molecule has 27 heavy (non-hydrogen) atoms. The molecule has 0 atom stereocenters. The van der Waals surface area contributed by atoms with E-state index in [1.54, 1.807) is 0 Å². The predicted molar refractivity (Wildman–Crippen MR) is 97.8 cm³/mol. The summed E-state index contributed by atoms with van der Waals surface area (Å²) >= 11 is 0. The number of carboxylic acid groups (broad SMARTS) is 1. The zero-order valence-electron chi connectivity index (χ0n) is 14.7. The maximum Gasteiger partial charge on any atom is 0.331 e. The molecule has 1 heterocycles. The SMILES string of the molecule is O=C([O-])c1ccc(N=Cc2c(O)n(C3CCCCCC3)c(=O)[nH]c2=O)cc1. The summed E-state index contributed by atoms with van der Waals surface area (Å²) in [5, 5.41) is 21.3. The third-order valence-electron chi connectivity index (χ3n) is 4.79. The minimum absolute atomic E-state index is 0.0107. The molecule has 1 aliphatic carbocycles. The number of benzene rings is 1. The molecule has 0 unspecified atom stereocenters. The second kappa shape index (κ2) is 8.03. The van der Waals surface area contributed by atoms with E-state index in [4.69, 9.17) is 0 Å². The number of hydrogen-bond donors (Lipinski definition) is 2. The molecule has 0 saturated heterocycles. The first kappa shape index (κ1) is 18.6. The third kappa shape index (κ3) is 4.16. The smallest absolute Gasteiger partial charge is 0.331 e. The van der Waals surface area contributed by atoms with Gasteiger partial charge in [0.2, 0.25) is 5.88 Å². The zero-order valence-corrected chi connectivity index (χ0v) is 14.7. The number of nitrogens with zero attached hydrogens (tertiary/aromatic N) is 2. The molecule has 3 rings (SSSR count). The van der Waals surface area contributed by atoms with Gasteiger partial charge in [-0.25, -0.2) is 4.79 Å². The van der Waals surface area contributed by atoms with Gasteiger partial charge >= 0.3 is 5.69 Å². The molecule has 1 saturated carbocycles. The zero-order chi connectivity index (χ0) is 19.4. The number of carboxylic acids is 1. The number of rotatable bonds is 4. The fourth-order valence-corrected chi connectivity index (χ4v) is 3.35. The number of aromatic carboxylic acids is 1. The maximum atomic E-state index is 12.2. The van der Waals surface area contributed by atoms with E-state index in [0.717, 1.165) is 38.5 Å². The number of aromatic nitrogens is 2. The second-order valence-corrected chi connectivity index (χ2v) is 6.60. The minimum atomic E-state index is -1.30. The number of aliphatic imine (C=N–C) groups is 1. The summed E-state index contributed by atoms with van der Waals surface area (Å²) in [6.07, 6.45) is 6.81. The van der Waals surface area contributed by atoms with Gasteiger partial charge in [-0.1, -0.05) is 37.8 Å². The highest BCUT2D eigenvalue weighted by atomic mass is 16.4. The van der Waals surface area contributed by atoms with Crippen molar-refractivity contribution in [2.24, 2.45) is 4.99 Å². The lowest BCUT2D eigenvalue weighted by molar-refractivity contribution is -0.255. The number of hydrogen-bond acceptors (Lipinski definition) is 6. The molecule has 2 aromatic rings. The standard InChI is InChI=1S/C19H21N3O5/c23-16-15(11-20-13-9-7-12(8-10-13)18(25)26)17(24)22(19(27)21-16)14-5-3-1-2-4-6-14/h7-11,14,24H,1-6H2,(H,25,26)(H,21,23,27)/p-1. The molecule has 0 aliphatic heterocycles. The normalized spacial score (nSPS) is 15.7. The van der Waals surface area contributed by atoms with E-state index in [9.17, 15) is 24.6 Å². The summed E-state index contributed by atoms with van der Waals surface area (Å²) < 4.78 is 1.24. The van der Waals surface area contributed by atoms with Gasteiger partial charge in [-0.15, -0.1) is 0 Å². The van der Waals surface area contributed by atoms with Gasteiger partial charge < -0.3 is 15.0 Å². The molecule has 1 aromatic heterocycles. The molecule has 2 N–H and O–H groups in total. The molecular weight excluding hydrogens is 350 g/mol. The van der Waals surface area contributed by atoms with Crippen LogP contribution in [0.15, 0.2) is 38.8 Å². The number of carbonyl (C=O) groups is 1. The van der Waals surface area contributed by atoms with Crippen LogP contribution in [0.2, 0.25) is 0 Å². The van der Waals surface area contributed by atoms with Gasteiger partial charge in [-0.3, -0.25) is 19.3 Å². The topological polar surface area (TPSA) is 128 Å². The van der Waals surface area contributed by atoms with Gasteiger partial charge in [-0.2, -0.15) is 0 Å². The van der Waals surface area contributed by atoms with Gasteiger partial charge in [0, 0.05) is 12.3 Å². The molecule has 0 spiro atoms. The first-order chi connectivity index (χ1) is 13.0. The Morgan fingerprint density at radius 1 is 1.15 bits per heavy atom. The molecule has 0 amide bonds. The van der Waals surface area contributed by atoms with Crippen LogP contribution >= 0.6 is 0 Å². The van der Waals surface area contributed by atoms with Crippen molar-refractivity contribution in [3.63, 3.8) is 0 Å². The monoisotopic (exact) mass is 370 g/mol. The van der Waals surface area contributed by atoms with Crippen LogP contribution in [0.1, 0.15) is 60.5 Å². The van der Waals surface area contributed by atoms with Gasteiger partial charge in [0.25, 0.3) is 5.56 Å². The predicted octanol–water partition coefficient (Wildman–Crippen LogP) is 1.25. The van der Waals surface area contributed by atoms with E-state index < -0.39 is 23.1 Å². The van der Waals surface area contributed by atoms with Crippen LogP contribution in [-0.2, 0) is 0 Å². The molecule has 8 nitrogen and oxygen atoms in total. The lowest BCUT2D eigenvalue weighted by Crippen LogP contribution is -2.34. The van der Waals surface area contributed by atoms with Crippen molar-refractivity contribution >= 4 is 17.9 Å². The van der Waals surface area contributed by atoms with Gasteiger partial charge in [-0.05, 0) is 30.5 Å². The van der Waals surface area contributed by atoms with Crippen LogP contribution < -0.4 is 16.4 Å². The van der Waals surface area contributed by atoms with Crippen molar-refractivity contribution in [2.75, 3.05) is 0 Å². The highest BCUT2D eigenvalue weighted by Gasteiger charge is 2.21. The highest BCUT2D eigenvalue weighted by Crippen LogP contribution is 2.29. The highest BCUT2D eigenvalue weighted by molar-refractivity contribution is 5.87. The number of carbonyl (C=O) groups excluding carboxylic acids is 1. The molecule has 0 radical (unpaired) electrons. The van der Waals surface area contributed by atoms with Crippen LogP contribution in [0.4, 0.5) is 5.69 Å². The molecule has 1 aliphatic rings. The Morgan fingerprint density at radius 3 is 2.37 bits per heavy atom. The first-order valence-electron chi connectivity index (χ1n) is 8.90. The molecule has 1 aromatic carbocycles. The maximum absolute atomic E-state index is 12.2. The fraction of sp³-hybridized carbons (Fsp3) is 0.368. The van der Waals surface area contributed by atoms with Gasteiger partial charge in [0.1, 0.15) is 5.56 Å². The van der Waals surface area contributed by atoms with E-state index in [1.807, 2.05) is 0 Å². The Morgan fingerprint density at radius 2 is 1.78 bits per heavy atom. The Bertz CT molecular complexity index is 964. The van der Waals surface area contributed by atoms with Gasteiger partial charge in [0.15, 0.2) is 0 Å². The number of nitrogens with one attached hydrogen (secondary N) is 1. The summed E-state index contributed by atoms with van der Waals surface area (Å²) in [5.41, 5.74) is -1.05. The molecule has 0 bridgehead atoms. The largest absolute Gasteiger partial charge is 0.545 e. The van der Waals surface area contributed by atoms with E-state index in [2.05, 4.69) is 9.98 Å². The Balaban J connectivity index is 1.95. The van der Waals surface area contributed by atoms with Crippen molar-refractivity contribution in [3.8, 4) is 5.88 Å². The lowest BCUT2D eigenvalue weighted by atomic mass is 10.1. The number of H-pyrrole nitrogens is 1. The van der Waals surface area contributed by atoms with E-state index in [0.29, 0.717) is 5.69 Å². The van der Waals surface area contributed by atoms with E-state index >= 15 is 0 Å². The molecule has 1 fully saturated rings. The molecular formula is C19H20N3O5-. The Labute approximate surface area is 154 Å². The minimum Gasteiger partial charge on any atom is -0.545 e. The average Bonchev–Trinajstić information content (AvgIpc) is 2.91. The lowest BCUT2D eigenvalue weighted by Gasteiger charge is -2.19. The van der Waals surface area contributed by atoms with Crippen LogP contribution in [0, 0.1) is 0 Å². The van der Waals surface area contributed by atoms with Crippen molar-refractivity contribution in [3.05, 3.63) is 56.2 Å². The summed E-state index contributed by atoms with van der Waals surface area (Å²) in [6, 6.07) is 5.41. The van der Waals surface area contributed by atoms with Crippen molar-refractivity contribution in [2.45, 2.75) is 44.6 Å². The van der Waals surface area contributed by atoms with Crippen molar-refractivity contribution in [1.82, 2.24) is 9.55 Å². The summed E-state index contributed by atoms with van der Waals surface area (Å²) in [6.45, 7) is 0. The van der Waals surface area contributed by atoms with E-state index in [-0.39, 0.29) is 17.2 Å². The van der Waals surface area contributed by atoms with Crippen molar-refractivity contribution < 1.29 is 15.0 Å². The third-order valence-corrected chi connectivity index (χ3v) is 4.79. The van der Waals surface area contributed by atoms with Crippen LogP contribution in [0.5, 0.6) is 5.88 Å². The number of aromatic hydroxyl groups is 1. The fourth-order valence-electron chi connectivity index (χ4n) is 3.35.